The number of hydrogen-bond acceptors (Lipinski definition) is 6. The van der Waals surface area contributed by atoms with Crippen LogP contribution in [0.1, 0.15) is 22.3 Å². The van der Waals surface area contributed by atoms with Crippen LogP contribution >= 0.6 is 0 Å². The van der Waals surface area contributed by atoms with E-state index in [4.69, 9.17) is 15.7 Å². The van der Waals surface area contributed by atoms with E-state index < -0.39 is 5.91 Å². The minimum atomic E-state index is -0.486. The molecule has 0 fully saturated rings. The average molecular weight is 437 g/mol. The van der Waals surface area contributed by atoms with Gasteiger partial charge in [-0.15, -0.1) is 0 Å². The molecule has 33 heavy (non-hydrogen) atoms. The summed E-state index contributed by atoms with van der Waals surface area (Å²) < 4.78 is 5.79. The Morgan fingerprint density at radius 1 is 1.06 bits per heavy atom. The van der Waals surface area contributed by atoms with E-state index in [9.17, 15) is 9.59 Å². The topological polar surface area (TPSA) is 131 Å². The number of anilines is 1. The Bertz CT molecular complexity index is 1380. The van der Waals surface area contributed by atoms with Crippen molar-refractivity contribution < 1.29 is 14.3 Å². The number of benzene rings is 2. The van der Waals surface area contributed by atoms with Crippen LogP contribution in [0.15, 0.2) is 72.9 Å². The number of nitrogens with two attached hydrogens (primary N) is 1. The van der Waals surface area contributed by atoms with E-state index in [2.05, 4.69) is 21.4 Å². The number of hydrogen-bond donors (Lipinski definition) is 2. The summed E-state index contributed by atoms with van der Waals surface area (Å²) >= 11 is 0. The first-order chi connectivity index (χ1) is 16.0. The fraction of sp³-hybridized carbons (Fsp3) is 0.0800. The SMILES string of the molecule is N#Cc1ccc(-c2ccc(C(=O)Nc3ccc4cccnc4n3)cc2OCCC(N)=O)cc1. The van der Waals surface area contributed by atoms with Gasteiger partial charge in [0.15, 0.2) is 5.65 Å². The summed E-state index contributed by atoms with van der Waals surface area (Å²) in [7, 11) is 0. The normalized spacial score (nSPS) is 10.4. The van der Waals surface area contributed by atoms with E-state index in [-0.39, 0.29) is 18.9 Å². The van der Waals surface area contributed by atoms with Crippen LogP contribution in [0.25, 0.3) is 22.2 Å². The fourth-order valence-electron chi connectivity index (χ4n) is 3.22. The quantitative estimate of drug-likeness (QED) is 0.453. The van der Waals surface area contributed by atoms with Crippen molar-refractivity contribution in [1.82, 2.24) is 9.97 Å². The molecule has 8 nitrogen and oxygen atoms in total. The number of fused-ring (bicyclic) bond motifs is 1. The van der Waals surface area contributed by atoms with E-state index in [1.165, 1.54) is 0 Å². The first-order valence-electron chi connectivity index (χ1n) is 10.1. The number of aromatic nitrogens is 2. The maximum atomic E-state index is 12.9. The molecule has 2 heterocycles. The highest BCUT2D eigenvalue weighted by molar-refractivity contribution is 6.04. The van der Waals surface area contributed by atoms with Crippen LogP contribution in [-0.2, 0) is 4.79 Å². The Kier molecular flexibility index (Phi) is 6.23. The summed E-state index contributed by atoms with van der Waals surface area (Å²) in [5.41, 5.74) is 8.15. The van der Waals surface area contributed by atoms with Crippen LogP contribution in [-0.4, -0.2) is 28.4 Å². The number of carbonyl (C=O) groups excluding carboxylic acids is 2. The third kappa shape index (κ3) is 5.11. The first-order valence-corrected chi connectivity index (χ1v) is 10.1. The average Bonchev–Trinajstić information content (AvgIpc) is 2.84. The highest BCUT2D eigenvalue weighted by Crippen LogP contribution is 2.32. The lowest BCUT2D eigenvalue weighted by atomic mass is 10.0. The van der Waals surface area contributed by atoms with Gasteiger partial charge in [0.05, 0.1) is 24.7 Å². The number of carbonyl (C=O) groups is 2. The zero-order valence-electron chi connectivity index (χ0n) is 17.5. The second-order valence-electron chi connectivity index (χ2n) is 7.17. The molecule has 0 aliphatic carbocycles. The smallest absolute Gasteiger partial charge is 0.256 e. The van der Waals surface area contributed by atoms with Crippen LogP contribution in [0.5, 0.6) is 5.75 Å². The van der Waals surface area contributed by atoms with E-state index in [1.807, 2.05) is 18.2 Å². The molecule has 0 radical (unpaired) electrons. The summed E-state index contributed by atoms with van der Waals surface area (Å²) in [4.78, 5) is 32.6. The van der Waals surface area contributed by atoms with Crippen molar-refractivity contribution in [3.05, 3.63) is 84.1 Å². The van der Waals surface area contributed by atoms with Crippen molar-refractivity contribution in [2.24, 2.45) is 5.73 Å². The molecular formula is C25H19N5O3. The molecule has 4 aromatic rings. The minimum absolute atomic E-state index is 0.0389. The summed E-state index contributed by atoms with van der Waals surface area (Å²) in [6, 6.07) is 21.3. The Morgan fingerprint density at radius 3 is 2.64 bits per heavy atom. The maximum absolute atomic E-state index is 12.9. The minimum Gasteiger partial charge on any atom is -0.492 e. The van der Waals surface area contributed by atoms with Gasteiger partial charge in [-0.25, -0.2) is 9.97 Å². The van der Waals surface area contributed by atoms with Crippen molar-refractivity contribution in [1.29, 1.82) is 5.26 Å². The largest absolute Gasteiger partial charge is 0.492 e. The van der Waals surface area contributed by atoms with Crippen molar-refractivity contribution in [2.75, 3.05) is 11.9 Å². The summed E-state index contributed by atoms with van der Waals surface area (Å²) in [6.07, 6.45) is 1.68. The Hall–Kier alpha value is -4.77. The molecule has 8 heteroatoms. The number of ether oxygens (including phenoxy) is 1. The highest BCUT2D eigenvalue weighted by atomic mass is 16.5. The standard InChI is InChI=1S/C25H19N5O3/c26-15-16-3-5-17(6-4-16)20-9-7-19(14-21(20)33-13-11-22(27)31)25(32)30-23-10-8-18-2-1-12-28-24(18)29-23/h1-10,12,14H,11,13H2,(H2,27,31)(H,28,29,30,32). The molecular weight excluding hydrogens is 418 g/mol. The van der Waals surface area contributed by atoms with E-state index in [1.54, 1.807) is 54.7 Å². The van der Waals surface area contributed by atoms with Crippen LogP contribution in [0.4, 0.5) is 5.82 Å². The lowest BCUT2D eigenvalue weighted by Crippen LogP contribution is -2.16. The molecule has 0 aliphatic rings. The van der Waals surface area contributed by atoms with Crippen molar-refractivity contribution in [3.8, 4) is 22.9 Å². The van der Waals surface area contributed by atoms with E-state index >= 15 is 0 Å². The number of rotatable bonds is 7. The van der Waals surface area contributed by atoms with Gasteiger partial charge in [-0.3, -0.25) is 9.59 Å². The second kappa shape index (κ2) is 9.58. The third-order valence-corrected chi connectivity index (χ3v) is 4.88. The van der Waals surface area contributed by atoms with Gasteiger partial charge in [0.1, 0.15) is 11.6 Å². The Labute approximate surface area is 189 Å². The number of primary amides is 1. The van der Waals surface area contributed by atoms with E-state index in [0.29, 0.717) is 33.9 Å². The molecule has 0 bridgehead atoms. The number of nitrogens with one attached hydrogen (secondary N) is 1. The van der Waals surface area contributed by atoms with Crippen LogP contribution in [0, 0.1) is 11.3 Å². The number of nitriles is 1. The van der Waals surface area contributed by atoms with Crippen molar-refractivity contribution in [2.45, 2.75) is 6.42 Å². The molecule has 3 N–H and O–H groups in total. The van der Waals surface area contributed by atoms with E-state index in [0.717, 1.165) is 10.9 Å². The van der Waals surface area contributed by atoms with Gasteiger partial charge in [-0.05, 0) is 60.2 Å². The van der Waals surface area contributed by atoms with Gasteiger partial charge in [-0.1, -0.05) is 12.1 Å². The van der Waals surface area contributed by atoms with Gasteiger partial charge < -0.3 is 15.8 Å². The Balaban J connectivity index is 1.61. The molecule has 2 aromatic carbocycles. The lowest BCUT2D eigenvalue weighted by molar-refractivity contribution is -0.118. The monoisotopic (exact) mass is 437 g/mol. The highest BCUT2D eigenvalue weighted by Gasteiger charge is 2.14. The molecule has 0 aliphatic heterocycles. The third-order valence-electron chi connectivity index (χ3n) is 4.88. The van der Waals surface area contributed by atoms with Gasteiger partial charge in [-0.2, -0.15) is 5.26 Å². The van der Waals surface area contributed by atoms with Gasteiger partial charge >= 0.3 is 0 Å². The van der Waals surface area contributed by atoms with Gasteiger partial charge in [0, 0.05) is 22.7 Å². The number of amides is 2. The fourth-order valence-corrected chi connectivity index (χ4v) is 3.22. The van der Waals surface area contributed by atoms with Crippen molar-refractivity contribution >= 4 is 28.7 Å². The predicted octanol–water partition coefficient (Wildman–Crippen LogP) is 3.67. The summed E-state index contributed by atoms with van der Waals surface area (Å²) in [5.74, 6) is -0.0657. The zero-order valence-corrected chi connectivity index (χ0v) is 17.5. The molecule has 162 valence electrons. The zero-order chi connectivity index (χ0) is 23.2. The second-order valence-corrected chi connectivity index (χ2v) is 7.17. The number of pyridine rings is 2. The first kappa shape index (κ1) is 21.5. The maximum Gasteiger partial charge on any atom is 0.256 e. The molecule has 0 saturated carbocycles. The molecule has 0 spiro atoms. The lowest BCUT2D eigenvalue weighted by Gasteiger charge is -2.13. The summed E-state index contributed by atoms with van der Waals surface area (Å²) in [5, 5.41) is 12.7. The van der Waals surface area contributed by atoms with Crippen LogP contribution < -0.4 is 15.8 Å². The van der Waals surface area contributed by atoms with Crippen molar-refractivity contribution in [3.63, 3.8) is 0 Å². The van der Waals surface area contributed by atoms with Crippen LogP contribution in [0.3, 0.4) is 0 Å². The Morgan fingerprint density at radius 2 is 1.88 bits per heavy atom. The molecule has 0 unspecified atom stereocenters. The molecule has 0 saturated heterocycles. The summed E-state index contributed by atoms with van der Waals surface area (Å²) in [6.45, 7) is 0.0710. The van der Waals surface area contributed by atoms with Crippen LogP contribution in [0.2, 0.25) is 0 Å². The van der Waals surface area contributed by atoms with Gasteiger partial charge in [0.2, 0.25) is 5.91 Å². The molecule has 2 amide bonds. The number of nitrogens with zero attached hydrogens (tertiary/aromatic N) is 3. The molecule has 2 aromatic heterocycles. The predicted molar refractivity (Wildman–Crippen MR) is 123 cm³/mol. The molecule has 0 atom stereocenters. The van der Waals surface area contributed by atoms with Gasteiger partial charge in [0.25, 0.3) is 5.91 Å². The molecule has 4 rings (SSSR count).